The van der Waals surface area contributed by atoms with Crippen LogP contribution < -0.4 is 25.1 Å². The SMILES string of the molecule is COc1cc(C(=O)NNC(=O)CCCc2nc(-c3ccc(F)cc3)no2)cc(OC)c1OC. The van der Waals surface area contributed by atoms with Crippen LogP contribution >= 0.6 is 0 Å². The molecule has 0 fully saturated rings. The van der Waals surface area contributed by atoms with Crippen molar-refractivity contribution in [3.05, 3.63) is 53.7 Å². The summed E-state index contributed by atoms with van der Waals surface area (Å²) in [6.07, 6.45) is 0.892. The second-order valence-electron chi connectivity index (χ2n) is 6.79. The Labute approximate surface area is 189 Å². The highest BCUT2D eigenvalue weighted by atomic mass is 19.1. The van der Waals surface area contributed by atoms with E-state index in [1.807, 2.05) is 0 Å². The van der Waals surface area contributed by atoms with Crippen molar-refractivity contribution in [1.29, 1.82) is 0 Å². The van der Waals surface area contributed by atoms with Gasteiger partial charge < -0.3 is 18.7 Å². The average Bonchev–Trinajstić information content (AvgIpc) is 3.30. The summed E-state index contributed by atoms with van der Waals surface area (Å²) in [5.41, 5.74) is 5.53. The molecule has 0 bridgehead atoms. The van der Waals surface area contributed by atoms with Crippen molar-refractivity contribution in [2.24, 2.45) is 0 Å². The fraction of sp³-hybridized carbons (Fsp3) is 0.273. The van der Waals surface area contributed by atoms with Crippen LogP contribution in [0.15, 0.2) is 40.9 Å². The number of nitrogens with one attached hydrogen (secondary N) is 2. The van der Waals surface area contributed by atoms with E-state index in [1.165, 1.54) is 45.6 Å². The smallest absolute Gasteiger partial charge is 0.269 e. The van der Waals surface area contributed by atoms with Gasteiger partial charge >= 0.3 is 0 Å². The van der Waals surface area contributed by atoms with Gasteiger partial charge in [-0.15, -0.1) is 0 Å². The molecule has 0 saturated heterocycles. The first-order valence-corrected chi connectivity index (χ1v) is 9.93. The number of amides is 2. The Morgan fingerprint density at radius 1 is 1.00 bits per heavy atom. The summed E-state index contributed by atoms with van der Waals surface area (Å²) in [6, 6.07) is 8.65. The number of aryl methyl sites for hydroxylation is 1. The summed E-state index contributed by atoms with van der Waals surface area (Å²) in [5, 5.41) is 3.85. The standard InChI is InChI=1S/C22H23FN4O6/c1-30-16-11-14(12-17(31-2)20(16)32-3)22(29)26-25-18(28)5-4-6-19-24-21(27-33-19)13-7-9-15(23)10-8-13/h7-12H,4-6H2,1-3H3,(H,25,28)(H,26,29). The molecule has 0 atom stereocenters. The number of ether oxygens (including phenoxy) is 3. The highest BCUT2D eigenvalue weighted by molar-refractivity contribution is 5.96. The fourth-order valence-corrected chi connectivity index (χ4v) is 2.95. The van der Waals surface area contributed by atoms with Crippen LogP contribution in [-0.2, 0) is 11.2 Å². The summed E-state index contributed by atoms with van der Waals surface area (Å²) in [5.74, 6) is 0.365. The van der Waals surface area contributed by atoms with Crippen molar-refractivity contribution in [1.82, 2.24) is 21.0 Å². The largest absolute Gasteiger partial charge is 0.493 e. The van der Waals surface area contributed by atoms with E-state index in [4.69, 9.17) is 18.7 Å². The number of rotatable bonds is 9. The number of aromatic nitrogens is 2. The van der Waals surface area contributed by atoms with Crippen molar-refractivity contribution in [2.45, 2.75) is 19.3 Å². The molecule has 2 N–H and O–H groups in total. The molecule has 3 rings (SSSR count). The minimum absolute atomic E-state index is 0.115. The molecule has 2 amide bonds. The number of halogens is 1. The lowest BCUT2D eigenvalue weighted by Gasteiger charge is -2.14. The van der Waals surface area contributed by atoms with E-state index < -0.39 is 11.8 Å². The highest BCUT2D eigenvalue weighted by Gasteiger charge is 2.17. The van der Waals surface area contributed by atoms with Gasteiger partial charge in [0.05, 0.1) is 21.3 Å². The van der Waals surface area contributed by atoms with Crippen LogP contribution in [0.25, 0.3) is 11.4 Å². The van der Waals surface area contributed by atoms with Gasteiger partial charge in [-0.25, -0.2) is 4.39 Å². The maximum Gasteiger partial charge on any atom is 0.269 e. The lowest BCUT2D eigenvalue weighted by Crippen LogP contribution is -2.41. The van der Waals surface area contributed by atoms with Crippen molar-refractivity contribution in [3.8, 4) is 28.6 Å². The van der Waals surface area contributed by atoms with E-state index in [1.54, 1.807) is 12.1 Å². The molecule has 1 aromatic heterocycles. The van der Waals surface area contributed by atoms with Crippen LogP contribution in [0.3, 0.4) is 0 Å². The number of carbonyl (C=O) groups excluding carboxylic acids is 2. The molecule has 0 saturated carbocycles. The quantitative estimate of drug-likeness (QED) is 0.469. The predicted molar refractivity (Wildman–Crippen MR) is 114 cm³/mol. The molecule has 0 spiro atoms. The van der Waals surface area contributed by atoms with Gasteiger partial charge in [0.1, 0.15) is 5.82 Å². The Balaban J connectivity index is 1.48. The van der Waals surface area contributed by atoms with Crippen molar-refractivity contribution >= 4 is 11.8 Å². The van der Waals surface area contributed by atoms with Crippen LogP contribution in [0.4, 0.5) is 4.39 Å². The summed E-state index contributed by atoms with van der Waals surface area (Å²) in [4.78, 5) is 28.7. The highest BCUT2D eigenvalue weighted by Crippen LogP contribution is 2.38. The van der Waals surface area contributed by atoms with Crippen molar-refractivity contribution < 1.29 is 32.7 Å². The molecule has 0 radical (unpaired) electrons. The Hall–Kier alpha value is -4.15. The number of hydrogen-bond acceptors (Lipinski definition) is 8. The van der Waals surface area contributed by atoms with Gasteiger partial charge in [-0.1, -0.05) is 5.16 Å². The van der Waals surface area contributed by atoms with E-state index in [0.29, 0.717) is 47.4 Å². The lowest BCUT2D eigenvalue weighted by molar-refractivity contribution is -0.121. The molecule has 0 aliphatic carbocycles. The van der Waals surface area contributed by atoms with Gasteiger partial charge in [0.15, 0.2) is 11.5 Å². The zero-order chi connectivity index (χ0) is 23.8. The van der Waals surface area contributed by atoms with Crippen molar-refractivity contribution in [3.63, 3.8) is 0 Å². The summed E-state index contributed by atoms with van der Waals surface area (Å²) < 4.78 is 33.8. The molecule has 3 aromatic rings. The molecule has 10 nitrogen and oxygen atoms in total. The summed E-state index contributed by atoms with van der Waals surface area (Å²) >= 11 is 0. The predicted octanol–water partition coefficient (Wildman–Crippen LogP) is 2.69. The lowest BCUT2D eigenvalue weighted by atomic mass is 10.1. The molecule has 1 heterocycles. The molecule has 174 valence electrons. The Bertz CT molecular complexity index is 1090. The number of nitrogens with zero attached hydrogens (tertiary/aromatic N) is 2. The van der Waals surface area contributed by atoms with E-state index in [2.05, 4.69) is 21.0 Å². The number of carbonyl (C=O) groups is 2. The van der Waals surface area contributed by atoms with Crippen LogP contribution in [0.2, 0.25) is 0 Å². The van der Waals surface area contributed by atoms with Crippen LogP contribution in [0.5, 0.6) is 17.2 Å². The summed E-state index contributed by atoms with van der Waals surface area (Å²) in [6.45, 7) is 0. The van der Waals surface area contributed by atoms with Gasteiger partial charge in [-0.05, 0) is 42.8 Å². The molecule has 2 aromatic carbocycles. The Morgan fingerprint density at radius 3 is 2.27 bits per heavy atom. The van der Waals surface area contributed by atoms with Crippen LogP contribution in [0.1, 0.15) is 29.1 Å². The zero-order valence-electron chi connectivity index (χ0n) is 18.3. The third kappa shape index (κ3) is 5.97. The molecule has 0 aliphatic heterocycles. The molecule has 0 aliphatic rings. The molecular formula is C22H23FN4O6. The number of hydrogen-bond donors (Lipinski definition) is 2. The maximum atomic E-state index is 13.0. The van der Waals surface area contributed by atoms with E-state index >= 15 is 0 Å². The first-order chi connectivity index (χ1) is 15.9. The third-order valence-corrected chi connectivity index (χ3v) is 4.61. The van der Waals surface area contributed by atoms with Crippen LogP contribution in [-0.4, -0.2) is 43.3 Å². The van der Waals surface area contributed by atoms with E-state index in [0.717, 1.165) is 0 Å². The second kappa shape index (κ2) is 10.9. The van der Waals surface area contributed by atoms with Gasteiger partial charge in [0, 0.05) is 24.0 Å². The minimum Gasteiger partial charge on any atom is -0.493 e. The summed E-state index contributed by atoms with van der Waals surface area (Å²) in [7, 11) is 4.33. The first kappa shape index (κ1) is 23.5. The third-order valence-electron chi connectivity index (χ3n) is 4.61. The number of hydrazine groups is 1. The van der Waals surface area contributed by atoms with Crippen molar-refractivity contribution in [2.75, 3.05) is 21.3 Å². The fourth-order valence-electron chi connectivity index (χ4n) is 2.95. The van der Waals surface area contributed by atoms with Gasteiger partial charge in [-0.3, -0.25) is 20.4 Å². The molecule has 11 heteroatoms. The monoisotopic (exact) mass is 458 g/mol. The molecule has 0 unspecified atom stereocenters. The van der Waals surface area contributed by atoms with E-state index in [9.17, 15) is 14.0 Å². The first-order valence-electron chi connectivity index (χ1n) is 9.93. The molecule has 33 heavy (non-hydrogen) atoms. The zero-order valence-corrected chi connectivity index (χ0v) is 18.3. The Kier molecular flexibility index (Phi) is 7.79. The normalized spacial score (nSPS) is 10.4. The minimum atomic E-state index is -0.552. The van der Waals surface area contributed by atoms with Gasteiger partial charge in [-0.2, -0.15) is 4.98 Å². The topological polar surface area (TPSA) is 125 Å². The Morgan fingerprint density at radius 2 is 1.67 bits per heavy atom. The van der Waals surface area contributed by atoms with Gasteiger partial charge in [0.2, 0.25) is 23.4 Å². The molecular weight excluding hydrogens is 435 g/mol. The van der Waals surface area contributed by atoms with Gasteiger partial charge in [0.25, 0.3) is 5.91 Å². The maximum absolute atomic E-state index is 13.0. The average molecular weight is 458 g/mol. The number of methoxy groups -OCH3 is 3. The van der Waals surface area contributed by atoms with E-state index in [-0.39, 0.29) is 17.8 Å². The second-order valence-corrected chi connectivity index (χ2v) is 6.79. The van der Waals surface area contributed by atoms with Crippen LogP contribution in [0, 0.1) is 5.82 Å². The number of benzene rings is 2.